The van der Waals surface area contributed by atoms with Crippen LogP contribution in [0.2, 0.25) is 0 Å². The number of carbonyl (C=O) groups excluding carboxylic acids is 1. The van der Waals surface area contributed by atoms with Crippen LogP contribution in [-0.2, 0) is 0 Å². The summed E-state index contributed by atoms with van der Waals surface area (Å²) in [6.45, 7) is 3.85. The molecule has 1 fully saturated rings. The Morgan fingerprint density at radius 2 is 2.20 bits per heavy atom. The van der Waals surface area contributed by atoms with Gasteiger partial charge in [-0.2, -0.15) is 10.2 Å². The molecule has 0 saturated heterocycles. The van der Waals surface area contributed by atoms with Gasteiger partial charge < -0.3 is 5.32 Å². The van der Waals surface area contributed by atoms with Gasteiger partial charge in [0.05, 0.1) is 29.7 Å². The van der Waals surface area contributed by atoms with E-state index in [0.717, 1.165) is 35.0 Å². The molecular weight excluding hydrogens is 338 g/mol. The Morgan fingerprint density at radius 3 is 2.96 bits per heavy atom. The fraction of sp³-hybridized carbons (Fsp3) is 0.500. The first kappa shape index (κ1) is 16.1. The highest BCUT2D eigenvalue weighted by Gasteiger charge is 2.22. The van der Waals surface area contributed by atoms with E-state index in [-0.39, 0.29) is 12.1 Å². The van der Waals surface area contributed by atoms with E-state index in [1.165, 1.54) is 24.2 Å². The van der Waals surface area contributed by atoms with Crippen molar-refractivity contribution in [1.82, 2.24) is 29.7 Å². The van der Waals surface area contributed by atoms with Crippen molar-refractivity contribution >= 4 is 28.1 Å². The first-order chi connectivity index (χ1) is 12.1. The number of imidazole rings is 1. The highest BCUT2D eigenvalue weighted by molar-refractivity contribution is 7.14. The molecule has 4 rings (SSSR count). The summed E-state index contributed by atoms with van der Waals surface area (Å²) in [6, 6.07) is 1.83. The van der Waals surface area contributed by atoms with E-state index >= 15 is 0 Å². The highest BCUT2D eigenvalue weighted by Crippen LogP contribution is 2.31. The largest absolute Gasteiger partial charge is 0.330 e. The number of hydrogen-bond donors (Lipinski definition) is 2. The van der Waals surface area contributed by atoms with Gasteiger partial charge in [-0.1, -0.05) is 24.2 Å². The number of fused-ring (bicyclic) bond motifs is 1. The number of nitrogens with zero attached hydrogens (tertiary/aromatic N) is 5. The fourth-order valence-electron chi connectivity index (χ4n) is 3.32. The van der Waals surface area contributed by atoms with Crippen LogP contribution < -0.4 is 10.6 Å². The first-order valence-electron chi connectivity index (χ1n) is 8.52. The third kappa shape index (κ3) is 3.23. The van der Waals surface area contributed by atoms with E-state index in [0.29, 0.717) is 6.04 Å². The second-order valence-electron chi connectivity index (χ2n) is 6.51. The van der Waals surface area contributed by atoms with E-state index in [9.17, 15) is 4.79 Å². The van der Waals surface area contributed by atoms with Gasteiger partial charge in [0.15, 0.2) is 0 Å². The van der Waals surface area contributed by atoms with E-state index in [1.54, 1.807) is 10.0 Å². The summed E-state index contributed by atoms with van der Waals surface area (Å²) < 4.78 is 3.68. The minimum absolute atomic E-state index is 0.210. The maximum absolute atomic E-state index is 12.4. The molecule has 0 radical (unpaired) electrons. The summed E-state index contributed by atoms with van der Waals surface area (Å²) in [7, 11) is 0. The minimum atomic E-state index is -0.254. The lowest BCUT2D eigenvalue weighted by molar-refractivity contribution is 0.249. The topological polar surface area (TPSA) is 89.1 Å². The third-order valence-electron chi connectivity index (χ3n) is 4.57. The molecule has 3 aromatic heterocycles. The SMILES string of the molecule is Cc1cc(NC(=O)N[C@H](C)c2cn3ncsc3n2)n(C2CCCC2)n1. The molecule has 0 unspecified atom stereocenters. The lowest BCUT2D eigenvalue weighted by Crippen LogP contribution is -2.32. The van der Waals surface area contributed by atoms with Gasteiger partial charge in [0.1, 0.15) is 11.3 Å². The molecule has 9 heteroatoms. The minimum Gasteiger partial charge on any atom is -0.330 e. The summed E-state index contributed by atoms with van der Waals surface area (Å²) in [6.07, 6.45) is 6.51. The maximum atomic E-state index is 12.4. The molecular formula is C16H21N7OS. The van der Waals surface area contributed by atoms with Gasteiger partial charge in [0, 0.05) is 6.07 Å². The average Bonchev–Trinajstić information content (AvgIpc) is 3.30. The summed E-state index contributed by atoms with van der Waals surface area (Å²) in [5.41, 5.74) is 3.44. The number of nitrogens with one attached hydrogen (secondary N) is 2. The highest BCUT2D eigenvalue weighted by atomic mass is 32.1. The van der Waals surface area contributed by atoms with Crippen LogP contribution in [0.15, 0.2) is 17.8 Å². The number of aryl methyl sites for hydroxylation is 1. The van der Waals surface area contributed by atoms with E-state index in [4.69, 9.17) is 0 Å². The zero-order chi connectivity index (χ0) is 17.4. The van der Waals surface area contributed by atoms with Crippen LogP contribution in [0.25, 0.3) is 4.96 Å². The fourth-order valence-corrected chi connectivity index (χ4v) is 3.93. The number of amides is 2. The van der Waals surface area contributed by atoms with Gasteiger partial charge in [-0.25, -0.2) is 19.0 Å². The predicted octanol–water partition coefficient (Wildman–Crippen LogP) is 3.29. The molecule has 8 nitrogen and oxygen atoms in total. The van der Waals surface area contributed by atoms with Crippen molar-refractivity contribution in [3.05, 3.63) is 29.2 Å². The van der Waals surface area contributed by atoms with Gasteiger partial charge in [-0.15, -0.1) is 0 Å². The molecule has 3 aromatic rings. The molecule has 3 heterocycles. The number of urea groups is 1. The molecule has 132 valence electrons. The smallest absolute Gasteiger partial charge is 0.320 e. The summed E-state index contributed by atoms with van der Waals surface area (Å²) in [4.78, 5) is 17.7. The van der Waals surface area contributed by atoms with Crippen molar-refractivity contribution in [2.24, 2.45) is 0 Å². The van der Waals surface area contributed by atoms with E-state index in [1.807, 2.05) is 30.8 Å². The maximum Gasteiger partial charge on any atom is 0.320 e. The predicted molar refractivity (Wildman–Crippen MR) is 95.9 cm³/mol. The Labute approximate surface area is 149 Å². The number of aromatic nitrogens is 5. The first-order valence-corrected chi connectivity index (χ1v) is 9.40. The monoisotopic (exact) mass is 359 g/mol. The molecule has 0 aliphatic heterocycles. The molecule has 25 heavy (non-hydrogen) atoms. The molecule has 1 aliphatic carbocycles. The number of carbonyl (C=O) groups is 1. The van der Waals surface area contributed by atoms with Gasteiger partial charge in [0.2, 0.25) is 4.96 Å². The second kappa shape index (κ2) is 6.47. The molecule has 1 atom stereocenters. The van der Waals surface area contributed by atoms with Crippen molar-refractivity contribution in [3.63, 3.8) is 0 Å². The van der Waals surface area contributed by atoms with Crippen LogP contribution in [0.1, 0.15) is 56.1 Å². The third-order valence-corrected chi connectivity index (χ3v) is 5.26. The Hall–Kier alpha value is -2.42. The van der Waals surface area contributed by atoms with E-state index in [2.05, 4.69) is 25.8 Å². The lowest BCUT2D eigenvalue weighted by Gasteiger charge is -2.16. The van der Waals surface area contributed by atoms with Crippen molar-refractivity contribution in [2.45, 2.75) is 51.6 Å². The molecule has 0 aromatic carbocycles. The zero-order valence-corrected chi connectivity index (χ0v) is 15.1. The van der Waals surface area contributed by atoms with Crippen molar-refractivity contribution < 1.29 is 4.79 Å². The molecule has 0 bridgehead atoms. The molecule has 2 amide bonds. The Balaban J connectivity index is 1.44. The summed E-state index contributed by atoms with van der Waals surface area (Å²) >= 11 is 1.47. The number of hydrogen-bond acceptors (Lipinski definition) is 5. The second-order valence-corrected chi connectivity index (χ2v) is 7.32. The van der Waals surface area contributed by atoms with Gasteiger partial charge >= 0.3 is 6.03 Å². The normalized spacial score (nSPS) is 16.4. The van der Waals surface area contributed by atoms with Crippen LogP contribution in [-0.4, -0.2) is 30.4 Å². The van der Waals surface area contributed by atoms with Crippen LogP contribution in [0.3, 0.4) is 0 Å². The summed E-state index contributed by atoms with van der Waals surface area (Å²) in [5.74, 6) is 0.751. The molecule has 1 aliphatic rings. The van der Waals surface area contributed by atoms with Crippen LogP contribution in [0.4, 0.5) is 10.6 Å². The number of rotatable bonds is 4. The van der Waals surface area contributed by atoms with Crippen molar-refractivity contribution in [1.29, 1.82) is 0 Å². The summed E-state index contributed by atoms with van der Waals surface area (Å²) in [5, 5.41) is 14.6. The Kier molecular flexibility index (Phi) is 4.16. The van der Waals surface area contributed by atoms with E-state index < -0.39 is 0 Å². The van der Waals surface area contributed by atoms with Gasteiger partial charge in [0.25, 0.3) is 0 Å². The number of anilines is 1. The lowest BCUT2D eigenvalue weighted by atomic mass is 10.2. The molecule has 2 N–H and O–H groups in total. The van der Waals surface area contributed by atoms with Crippen LogP contribution in [0, 0.1) is 6.92 Å². The van der Waals surface area contributed by atoms with Crippen LogP contribution >= 0.6 is 11.3 Å². The quantitative estimate of drug-likeness (QED) is 0.748. The van der Waals surface area contributed by atoms with Gasteiger partial charge in [-0.05, 0) is 26.7 Å². The van der Waals surface area contributed by atoms with Crippen molar-refractivity contribution in [2.75, 3.05) is 5.32 Å². The zero-order valence-electron chi connectivity index (χ0n) is 14.3. The Morgan fingerprint density at radius 1 is 1.40 bits per heavy atom. The van der Waals surface area contributed by atoms with Crippen molar-refractivity contribution in [3.8, 4) is 0 Å². The average molecular weight is 359 g/mol. The van der Waals surface area contributed by atoms with Crippen LogP contribution in [0.5, 0.6) is 0 Å². The Bertz CT molecular complexity index is 861. The molecule has 0 spiro atoms. The standard InChI is InChI=1S/C16H21N7OS/c1-10-7-14(23(21-10)12-5-3-4-6-12)20-15(24)18-11(2)13-8-22-16(19-13)25-9-17-22/h7-9,11-12H,3-6H2,1-2H3,(H2,18,20,24)/t11-/m1/s1. The van der Waals surface area contributed by atoms with Gasteiger partial charge in [-0.3, -0.25) is 5.32 Å². The molecule has 1 saturated carbocycles.